The van der Waals surface area contributed by atoms with Gasteiger partial charge in [-0.3, -0.25) is 15.2 Å². The van der Waals surface area contributed by atoms with Gasteiger partial charge in [-0.1, -0.05) is 31.1 Å². The van der Waals surface area contributed by atoms with Gasteiger partial charge in [0.15, 0.2) is 0 Å². The number of carbonyl (C=O) groups excluding carboxylic acids is 1. The maximum absolute atomic E-state index is 11.0. The molecule has 1 amide bonds. The van der Waals surface area contributed by atoms with Crippen molar-refractivity contribution in [2.24, 2.45) is 0 Å². The zero-order valence-corrected chi connectivity index (χ0v) is 8.16. The van der Waals surface area contributed by atoms with Crippen LogP contribution in [0.5, 0.6) is 0 Å². The first-order valence-electron chi connectivity index (χ1n) is 4.50. The number of hydroxylamine groups is 2. The first-order valence-corrected chi connectivity index (χ1v) is 4.50. The van der Waals surface area contributed by atoms with Crippen molar-refractivity contribution >= 4 is 5.91 Å². The van der Waals surface area contributed by atoms with Crippen molar-refractivity contribution in [2.45, 2.75) is 39.5 Å². The summed E-state index contributed by atoms with van der Waals surface area (Å²) in [4.78, 5) is 11.0. The van der Waals surface area contributed by atoms with Crippen LogP contribution in [0.3, 0.4) is 0 Å². The molecule has 0 aromatic rings. The number of nitrogens with zero attached hydrogens (tertiary/aromatic N) is 1. The fourth-order valence-corrected chi connectivity index (χ4v) is 1.07. The molecule has 2 N–H and O–H groups in total. The normalized spacial score (nSPS) is 11.5. The van der Waals surface area contributed by atoms with E-state index in [1.54, 1.807) is 13.0 Å². The average Bonchev–Trinajstić information content (AvgIpc) is 2.11. The van der Waals surface area contributed by atoms with Crippen LogP contribution in [0.2, 0.25) is 0 Å². The number of hydrogen-bond donors (Lipinski definition) is 2. The second-order valence-electron chi connectivity index (χ2n) is 2.87. The molecule has 0 aromatic heterocycles. The highest BCUT2D eigenvalue weighted by Gasteiger charge is 2.12. The van der Waals surface area contributed by atoms with E-state index in [1.807, 2.05) is 0 Å². The SMILES string of the molecule is C/C=C(\CCCCC)C(=O)N(O)O. The predicted octanol–water partition coefficient (Wildman–Crippen LogP) is 2.12. The van der Waals surface area contributed by atoms with Crippen molar-refractivity contribution in [2.75, 3.05) is 0 Å². The summed E-state index contributed by atoms with van der Waals surface area (Å²) >= 11 is 0. The molecule has 0 aliphatic rings. The molecule has 0 saturated carbocycles. The van der Waals surface area contributed by atoms with E-state index in [9.17, 15) is 4.79 Å². The lowest BCUT2D eigenvalue weighted by Crippen LogP contribution is -2.24. The van der Waals surface area contributed by atoms with E-state index in [-0.39, 0.29) is 5.23 Å². The largest absolute Gasteiger partial charge is 0.299 e. The van der Waals surface area contributed by atoms with Crippen LogP contribution in [0, 0.1) is 0 Å². The lowest BCUT2D eigenvalue weighted by molar-refractivity contribution is -0.281. The predicted molar refractivity (Wildman–Crippen MR) is 48.3 cm³/mol. The van der Waals surface area contributed by atoms with E-state index in [4.69, 9.17) is 10.4 Å². The van der Waals surface area contributed by atoms with Crippen LogP contribution >= 0.6 is 0 Å². The van der Waals surface area contributed by atoms with Gasteiger partial charge in [-0.2, -0.15) is 0 Å². The van der Waals surface area contributed by atoms with Gasteiger partial charge < -0.3 is 0 Å². The second kappa shape index (κ2) is 6.62. The van der Waals surface area contributed by atoms with Crippen LogP contribution in [0.1, 0.15) is 39.5 Å². The Morgan fingerprint density at radius 3 is 2.38 bits per heavy atom. The smallest absolute Gasteiger partial charge is 0.265 e. The Kier molecular flexibility index (Phi) is 6.18. The molecular formula is C9H17NO3. The average molecular weight is 187 g/mol. The lowest BCUT2D eigenvalue weighted by Gasteiger charge is -2.08. The topological polar surface area (TPSA) is 60.8 Å². The van der Waals surface area contributed by atoms with Crippen LogP contribution in [-0.2, 0) is 4.79 Å². The summed E-state index contributed by atoms with van der Waals surface area (Å²) < 4.78 is 0. The zero-order valence-electron chi connectivity index (χ0n) is 8.16. The molecular weight excluding hydrogens is 170 g/mol. The number of hydrogen-bond acceptors (Lipinski definition) is 3. The van der Waals surface area contributed by atoms with Crippen molar-refractivity contribution in [1.82, 2.24) is 5.23 Å². The summed E-state index contributed by atoms with van der Waals surface area (Å²) in [5, 5.41) is 16.6. The standard InChI is InChI=1S/C9H17NO3/c1-3-5-6-7-8(4-2)9(11)10(12)13/h4,12-13H,3,5-7H2,1-2H3/b8-4+. The van der Waals surface area contributed by atoms with Crippen LogP contribution in [-0.4, -0.2) is 21.5 Å². The minimum Gasteiger partial charge on any atom is -0.265 e. The van der Waals surface area contributed by atoms with Gasteiger partial charge in [-0.05, 0) is 19.8 Å². The zero-order chi connectivity index (χ0) is 10.3. The van der Waals surface area contributed by atoms with E-state index in [1.165, 1.54) is 0 Å². The summed E-state index contributed by atoms with van der Waals surface area (Å²) in [6, 6.07) is 0. The number of carbonyl (C=O) groups is 1. The Bertz CT molecular complexity index is 187. The Morgan fingerprint density at radius 1 is 1.38 bits per heavy atom. The van der Waals surface area contributed by atoms with Crippen LogP contribution < -0.4 is 0 Å². The van der Waals surface area contributed by atoms with Gasteiger partial charge >= 0.3 is 0 Å². The Balaban J connectivity index is 3.98. The summed E-state index contributed by atoms with van der Waals surface area (Å²) in [7, 11) is 0. The number of allylic oxidation sites excluding steroid dienone is 1. The molecule has 4 nitrogen and oxygen atoms in total. The van der Waals surface area contributed by atoms with Crippen molar-refractivity contribution in [1.29, 1.82) is 0 Å². The molecule has 0 radical (unpaired) electrons. The van der Waals surface area contributed by atoms with E-state index in [0.29, 0.717) is 12.0 Å². The number of amides is 1. The first kappa shape index (κ1) is 12.1. The maximum Gasteiger partial charge on any atom is 0.299 e. The fraction of sp³-hybridized carbons (Fsp3) is 0.667. The Labute approximate surface area is 78.4 Å². The number of unbranched alkanes of at least 4 members (excludes halogenated alkanes) is 2. The quantitative estimate of drug-likeness (QED) is 0.300. The minimum absolute atomic E-state index is 0.360. The third-order valence-electron chi connectivity index (χ3n) is 1.85. The van der Waals surface area contributed by atoms with E-state index in [0.717, 1.165) is 19.3 Å². The van der Waals surface area contributed by atoms with Crippen LogP contribution in [0.15, 0.2) is 11.6 Å². The molecule has 4 heteroatoms. The Morgan fingerprint density at radius 2 is 2.00 bits per heavy atom. The second-order valence-corrected chi connectivity index (χ2v) is 2.87. The van der Waals surface area contributed by atoms with Crippen molar-refractivity contribution in [3.63, 3.8) is 0 Å². The van der Waals surface area contributed by atoms with Gasteiger partial charge in [0.1, 0.15) is 0 Å². The highest BCUT2D eigenvalue weighted by atomic mass is 16.8. The molecule has 13 heavy (non-hydrogen) atoms. The number of rotatable bonds is 5. The van der Waals surface area contributed by atoms with Gasteiger partial charge in [0.25, 0.3) is 5.91 Å². The van der Waals surface area contributed by atoms with Gasteiger partial charge in [-0.15, -0.1) is 0 Å². The van der Waals surface area contributed by atoms with Crippen molar-refractivity contribution < 1.29 is 15.2 Å². The lowest BCUT2D eigenvalue weighted by atomic mass is 10.1. The molecule has 0 unspecified atom stereocenters. The molecule has 0 spiro atoms. The third-order valence-corrected chi connectivity index (χ3v) is 1.85. The molecule has 0 rings (SSSR count). The van der Waals surface area contributed by atoms with Gasteiger partial charge in [0.2, 0.25) is 0 Å². The van der Waals surface area contributed by atoms with Crippen molar-refractivity contribution in [3.05, 3.63) is 11.6 Å². The summed E-state index contributed by atoms with van der Waals surface area (Å²) in [6.07, 6.45) is 5.22. The third kappa shape index (κ3) is 4.65. The molecule has 0 fully saturated rings. The molecule has 0 aromatic carbocycles. The highest BCUT2D eigenvalue weighted by Crippen LogP contribution is 2.10. The monoisotopic (exact) mass is 187 g/mol. The fourth-order valence-electron chi connectivity index (χ4n) is 1.07. The molecule has 0 heterocycles. The van der Waals surface area contributed by atoms with Crippen molar-refractivity contribution in [3.8, 4) is 0 Å². The van der Waals surface area contributed by atoms with Gasteiger partial charge in [0.05, 0.1) is 0 Å². The minimum atomic E-state index is -0.737. The molecule has 0 saturated heterocycles. The Hall–Kier alpha value is -0.870. The van der Waals surface area contributed by atoms with Crippen LogP contribution in [0.25, 0.3) is 0 Å². The summed E-state index contributed by atoms with van der Waals surface area (Å²) in [6.45, 7) is 3.78. The molecule has 0 atom stereocenters. The van der Waals surface area contributed by atoms with E-state index < -0.39 is 5.91 Å². The maximum atomic E-state index is 11.0. The summed E-state index contributed by atoms with van der Waals surface area (Å²) in [5.41, 5.74) is 0.443. The van der Waals surface area contributed by atoms with E-state index in [2.05, 4.69) is 6.92 Å². The molecule has 0 aliphatic carbocycles. The molecule has 0 bridgehead atoms. The summed E-state index contributed by atoms with van der Waals surface area (Å²) in [5.74, 6) is -0.737. The van der Waals surface area contributed by atoms with Gasteiger partial charge in [0, 0.05) is 5.57 Å². The van der Waals surface area contributed by atoms with E-state index >= 15 is 0 Å². The first-order chi connectivity index (χ1) is 6.13. The van der Waals surface area contributed by atoms with Crippen LogP contribution in [0.4, 0.5) is 0 Å². The highest BCUT2D eigenvalue weighted by molar-refractivity contribution is 5.91. The molecule has 76 valence electrons. The molecule has 0 aliphatic heterocycles. The van der Waals surface area contributed by atoms with Gasteiger partial charge in [-0.25, -0.2) is 0 Å².